The zero-order chi connectivity index (χ0) is 22.2. The number of hydrogen-bond acceptors (Lipinski definition) is 5. The Labute approximate surface area is 190 Å². The highest BCUT2D eigenvalue weighted by Crippen LogP contribution is 2.35. The number of para-hydroxylation sites is 1. The maximum Gasteiger partial charge on any atom is 0.264 e. The largest absolute Gasteiger partial charge is 0.508 e. The highest BCUT2D eigenvalue weighted by Gasteiger charge is 2.27. The molecule has 0 aliphatic heterocycles. The van der Waals surface area contributed by atoms with Gasteiger partial charge in [-0.15, -0.1) is 0 Å². The third-order valence-corrected chi connectivity index (χ3v) is 6.93. The number of pyridine rings is 1. The van der Waals surface area contributed by atoms with Gasteiger partial charge in [0.2, 0.25) is 0 Å². The maximum atomic E-state index is 13.5. The van der Waals surface area contributed by atoms with Crippen LogP contribution in [-0.2, 0) is 6.42 Å². The molecule has 1 aliphatic carbocycles. The SMILES string of the molecule is Cc1onc2c1c(=O)n(C1CCCC(NCCc3ccccc3O)C1)c1cccc(Cl)c21. The summed E-state index contributed by atoms with van der Waals surface area (Å²) in [6.07, 6.45) is 4.67. The molecule has 2 unspecified atom stereocenters. The lowest BCUT2D eigenvalue weighted by molar-refractivity contribution is 0.287. The Morgan fingerprint density at radius 3 is 2.88 bits per heavy atom. The molecule has 5 rings (SSSR count). The van der Waals surface area contributed by atoms with E-state index in [0.29, 0.717) is 33.5 Å². The standard InChI is InChI=1S/C25H26ClN3O3/c1-15-22-24(28-32-15)23-19(26)9-5-10-20(23)29(25(22)31)18-8-4-7-17(14-18)27-13-12-16-6-2-3-11-21(16)30/h2-3,5-6,9-11,17-18,27,30H,4,7-8,12-14H2,1H3. The molecule has 166 valence electrons. The molecule has 2 aromatic heterocycles. The minimum absolute atomic E-state index is 0.0617. The normalized spacial score (nSPS) is 19.1. The average Bonchev–Trinajstić information content (AvgIpc) is 3.17. The Morgan fingerprint density at radius 2 is 2.03 bits per heavy atom. The number of nitrogens with one attached hydrogen (secondary N) is 1. The van der Waals surface area contributed by atoms with Crippen LogP contribution in [0.3, 0.4) is 0 Å². The average molecular weight is 452 g/mol. The highest BCUT2D eigenvalue weighted by atomic mass is 35.5. The Morgan fingerprint density at radius 1 is 1.19 bits per heavy atom. The van der Waals surface area contributed by atoms with E-state index in [2.05, 4.69) is 10.5 Å². The van der Waals surface area contributed by atoms with Crippen LogP contribution in [0.5, 0.6) is 5.75 Å². The number of halogens is 1. The number of rotatable bonds is 5. The molecule has 0 saturated heterocycles. The fourth-order valence-corrected chi connectivity index (χ4v) is 5.31. The highest BCUT2D eigenvalue weighted by molar-refractivity contribution is 6.37. The summed E-state index contributed by atoms with van der Waals surface area (Å²) in [4.78, 5) is 13.5. The molecule has 0 amide bonds. The molecule has 0 bridgehead atoms. The van der Waals surface area contributed by atoms with Gasteiger partial charge in [-0.2, -0.15) is 0 Å². The number of aromatic nitrogens is 2. The molecule has 1 saturated carbocycles. The van der Waals surface area contributed by atoms with Crippen molar-refractivity contribution in [2.24, 2.45) is 0 Å². The topological polar surface area (TPSA) is 80.3 Å². The van der Waals surface area contributed by atoms with Crippen LogP contribution in [0.15, 0.2) is 51.8 Å². The lowest BCUT2D eigenvalue weighted by Crippen LogP contribution is -2.38. The summed E-state index contributed by atoms with van der Waals surface area (Å²) in [5.74, 6) is 0.858. The van der Waals surface area contributed by atoms with E-state index in [1.54, 1.807) is 13.0 Å². The van der Waals surface area contributed by atoms with Gasteiger partial charge in [0.15, 0.2) is 0 Å². The number of fused-ring (bicyclic) bond motifs is 3. The van der Waals surface area contributed by atoms with Crippen LogP contribution in [0.25, 0.3) is 21.8 Å². The minimum atomic E-state index is -0.0617. The van der Waals surface area contributed by atoms with Gasteiger partial charge in [0.25, 0.3) is 5.56 Å². The Bertz CT molecular complexity index is 1340. The van der Waals surface area contributed by atoms with Gasteiger partial charge in [0.05, 0.1) is 10.5 Å². The lowest BCUT2D eigenvalue weighted by Gasteiger charge is -2.32. The molecule has 0 spiro atoms. The smallest absolute Gasteiger partial charge is 0.264 e. The van der Waals surface area contributed by atoms with Crippen molar-refractivity contribution in [1.82, 2.24) is 15.0 Å². The summed E-state index contributed by atoms with van der Waals surface area (Å²) in [5, 5.41) is 19.6. The molecule has 32 heavy (non-hydrogen) atoms. The van der Waals surface area contributed by atoms with Crippen LogP contribution in [-0.4, -0.2) is 27.4 Å². The van der Waals surface area contributed by atoms with E-state index in [4.69, 9.17) is 16.1 Å². The maximum absolute atomic E-state index is 13.5. The molecule has 1 aliphatic rings. The summed E-state index contributed by atoms with van der Waals surface area (Å²) in [6.45, 7) is 2.55. The second-order valence-corrected chi connectivity index (χ2v) is 9.03. The van der Waals surface area contributed by atoms with Gasteiger partial charge >= 0.3 is 0 Å². The van der Waals surface area contributed by atoms with E-state index >= 15 is 0 Å². The fraction of sp³-hybridized carbons (Fsp3) is 0.360. The summed E-state index contributed by atoms with van der Waals surface area (Å²) in [7, 11) is 0. The van der Waals surface area contributed by atoms with Gasteiger partial charge in [0, 0.05) is 17.5 Å². The second kappa shape index (κ2) is 8.60. The van der Waals surface area contributed by atoms with Crippen molar-refractivity contribution in [3.05, 3.63) is 69.2 Å². The van der Waals surface area contributed by atoms with Gasteiger partial charge < -0.3 is 19.5 Å². The molecule has 0 radical (unpaired) electrons. The molecule has 2 heterocycles. The van der Waals surface area contributed by atoms with Gasteiger partial charge in [-0.3, -0.25) is 4.79 Å². The van der Waals surface area contributed by atoms with Crippen LogP contribution in [0, 0.1) is 6.92 Å². The first-order valence-electron chi connectivity index (χ1n) is 11.1. The number of aromatic hydroxyl groups is 1. The van der Waals surface area contributed by atoms with Crippen LogP contribution in [0.4, 0.5) is 0 Å². The Balaban J connectivity index is 1.44. The number of phenols is 1. The number of benzene rings is 2. The van der Waals surface area contributed by atoms with E-state index in [9.17, 15) is 9.90 Å². The van der Waals surface area contributed by atoms with E-state index in [-0.39, 0.29) is 11.6 Å². The van der Waals surface area contributed by atoms with Crippen molar-refractivity contribution >= 4 is 33.4 Å². The quantitative estimate of drug-likeness (QED) is 0.440. The van der Waals surface area contributed by atoms with Crippen LogP contribution < -0.4 is 10.9 Å². The first-order valence-corrected chi connectivity index (χ1v) is 11.5. The number of phenolic OH excluding ortho intramolecular Hbond substituents is 1. The Hall–Kier alpha value is -2.83. The Kier molecular flexibility index (Phi) is 5.66. The van der Waals surface area contributed by atoms with E-state index in [0.717, 1.165) is 55.1 Å². The lowest BCUT2D eigenvalue weighted by atomic mass is 9.90. The molecule has 2 N–H and O–H groups in total. The summed E-state index contributed by atoms with van der Waals surface area (Å²) >= 11 is 6.55. The molecule has 1 fully saturated rings. The molecular formula is C25H26ClN3O3. The summed E-state index contributed by atoms with van der Waals surface area (Å²) in [6, 6.07) is 13.5. The first kappa shape index (κ1) is 21.0. The van der Waals surface area contributed by atoms with Crippen LogP contribution >= 0.6 is 11.6 Å². The van der Waals surface area contributed by atoms with E-state index in [1.807, 2.05) is 41.0 Å². The van der Waals surface area contributed by atoms with Crippen LogP contribution in [0.2, 0.25) is 5.02 Å². The molecule has 4 aromatic rings. The number of aryl methyl sites for hydroxylation is 1. The zero-order valence-electron chi connectivity index (χ0n) is 18.0. The van der Waals surface area contributed by atoms with Gasteiger partial charge in [-0.05, 0) is 69.3 Å². The van der Waals surface area contributed by atoms with Crippen molar-refractivity contribution in [3.8, 4) is 5.75 Å². The predicted octanol–water partition coefficient (Wildman–Crippen LogP) is 5.13. The number of nitrogens with zero attached hydrogens (tertiary/aromatic N) is 2. The van der Waals surface area contributed by atoms with Crippen LogP contribution in [0.1, 0.15) is 43.0 Å². The third-order valence-electron chi connectivity index (χ3n) is 6.61. The van der Waals surface area contributed by atoms with Crippen molar-refractivity contribution in [3.63, 3.8) is 0 Å². The van der Waals surface area contributed by atoms with Gasteiger partial charge in [0.1, 0.15) is 22.4 Å². The van der Waals surface area contributed by atoms with Gasteiger partial charge in [-0.1, -0.05) is 41.0 Å². The number of hydrogen-bond donors (Lipinski definition) is 2. The molecule has 2 atom stereocenters. The summed E-state index contributed by atoms with van der Waals surface area (Å²) < 4.78 is 7.28. The van der Waals surface area contributed by atoms with Crippen molar-refractivity contribution < 1.29 is 9.63 Å². The zero-order valence-corrected chi connectivity index (χ0v) is 18.7. The molecule has 6 nitrogen and oxygen atoms in total. The summed E-state index contributed by atoms with van der Waals surface area (Å²) in [5.41, 5.74) is 2.23. The monoisotopic (exact) mass is 451 g/mol. The van der Waals surface area contributed by atoms with Gasteiger partial charge in [-0.25, -0.2) is 0 Å². The van der Waals surface area contributed by atoms with E-state index < -0.39 is 0 Å². The third kappa shape index (κ3) is 3.67. The second-order valence-electron chi connectivity index (χ2n) is 8.62. The van der Waals surface area contributed by atoms with Crippen molar-refractivity contribution in [2.75, 3.05) is 6.54 Å². The predicted molar refractivity (Wildman–Crippen MR) is 127 cm³/mol. The van der Waals surface area contributed by atoms with Crippen molar-refractivity contribution in [2.45, 2.75) is 51.1 Å². The van der Waals surface area contributed by atoms with E-state index in [1.165, 1.54) is 0 Å². The molecule has 2 aromatic carbocycles. The molecular weight excluding hydrogens is 426 g/mol. The fourth-order valence-electron chi connectivity index (χ4n) is 5.05. The van der Waals surface area contributed by atoms with Crippen molar-refractivity contribution in [1.29, 1.82) is 0 Å². The minimum Gasteiger partial charge on any atom is -0.508 e. The first-order chi connectivity index (χ1) is 15.5. The molecule has 7 heteroatoms.